The van der Waals surface area contributed by atoms with Crippen LogP contribution in [0.4, 0.5) is 8.78 Å². The lowest BCUT2D eigenvalue weighted by Crippen LogP contribution is -1.89. The number of benzene rings is 2. The molecule has 0 heterocycles. The number of aryl methyl sites for hydroxylation is 4. The summed E-state index contributed by atoms with van der Waals surface area (Å²) in [4.78, 5) is 0. The molecule has 0 atom stereocenters. The van der Waals surface area contributed by atoms with Crippen LogP contribution in [0.15, 0.2) is 30.3 Å². The maximum Gasteiger partial charge on any atom is 0.129 e. The minimum absolute atomic E-state index is 0.0694. The zero-order valence-corrected chi connectivity index (χ0v) is 12.1. The molecular formula is C17H20F2. The summed E-state index contributed by atoms with van der Waals surface area (Å²) in [5, 5.41) is 0. The molecule has 0 aliphatic heterocycles. The lowest BCUT2D eigenvalue weighted by molar-refractivity contribution is 0.607. The maximum atomic E-state index is 13.0. The average molecular weight is 262 g/mol. The molecule has 102 valence electrons. The van der Waals surface area contributed by atoms with Gasteiger partial charge in [-0.15, -0.1) is 0 Å². The summed E-state index contributed by atoms with van der Waals surface area (Å²) >= 11 is 0. The van der Waals surface area contributed by atoms with Crippen molar-refractivity contribution < 1.29 is 8.78 Å². The average Bonchev–Trinajstić information content (AvgIpc) is 2.37. The van der Waals surface area contributed by atoms with Gasteiger partial charge in [0.2, 0.25) is 0 Å². The molecule has 0 saturated heterocycles. The molecule has 0 spiro atoms. The van der Waals surface area contributed by atoms with Crippen LogP contribution in [0.3, 0.4) is 0 Å². The van der Waals surface area contributed by atoms with Crippen molar-refractivity contribution in [3.8, 4) is 0 Å². The van der Waals surface area contributed by atoms with Crippen LogP contribution in [-0.2, 0) is 0 Å². The van der Waals surface area contributed by atoms with Crippen molar-refractivity contribution >= 4 is 0 Å². The summed E-state index contributed by atoms with van der Waals surface area (Å²) in [6, 6.07) is 8.96. The maximum absolute atomic E-state index is 13.0. The summed E-state index contributed by atoms with van der Waals surface area (Å²) < 4.78 is 25.6. The molecule has 0 saturated carbocycles. The van der Waals surface area contributed by atoms with E-state index >= 15 is 0 Å². The SMILES string of the molecule is Cc1ccc(C)c(F)c1.Cc1ccc(C)c(F)c1C. The van der Waals surface area contributed by atoms with E-state index in [1.807, 2.05) is 26.0 Å². The van der Waals surface area contributed by atoms with Gasteiger partial charge < -0.3 is 0 Å². The second kappa shape index (κ2) is 6.46. The van der Waals surface area contributed by atoms with Crippen molar-refractivity contribution in [3.63, 3.8) is 0 Å². The van der Waals surface area contributed by atoms with Crippen molar-refractivity contribution in [2.45, 2.75) is 34.6 Å². The van der Waals surface area contributed by atoms with Crippen LogP contribution < -0.4 is 0 Å². The van der Waals surface area contributed by atoms with E-state index in [-0.39, 0.29) is 11.6 Å². The summed E-state index contributed by atoms with van der Waals surface area (Å²) in [7, 11) is 0. The van der Waals surface area contributed by atoms with Crippen molar-refractivity contribution in [2.75, 3.05) is 0 Å². The summed E-state index contributed by atoms with van der Waals surface area (Å²) in [6.45, 7) is 9.13. The lowest BCUT2D eigenvalue weighted by atomic mass is 10.1. The van der Waals surface area contributed by atoms with Gasteiger partial charge in [0.05, 0.1) is 0 Å². The number of rotatable bonds is 0. The molecule has 2 heteroatoms. The van der Waals surface area contributed by atoms with Crippen LogP contribution >= 0.6 is 0 Å². The molecule has 0 aromatic heterocycles. The standard InChI is InChI=1S/C9H11F.C8H9F/c1-6-4-5-7(2)9(10)8(6)3;1-6-3-4-7(2)8(9)5-6/h4-5H,1-3H3;3-5H,1-2H3. The van der Waals surface area contributed by atoms with Crippen LogP contribution in [0, 0.1) is 46.3 Å². The molecule has 0 radical (unpaired) electrons. The Morgan fingerprint density at radius 2 is 1.21 bits per heavy atom. The van der Waals surface area contributed by atoms with Gasteiger partial charge in [0.25, 0.3) is 0 Å². The third kappa shape index (κ3) is 4.16. The topological polar surface area (TPSA) is 0 Å². The molecule has 0 amide bonds. The highest BCUT2D eigenvalue weighted by Crippen LogP contribution is 2.14. The fourth-order valence-corrected chi connectivity index (χ4v) is 1.61. The molecule has 0 N–H and O–H groups in total. The predicted octanol–water partition coefficient (Wildman–Crippen LogP) is 5.19. The fourth-order valence-electron chi connectivity index (χ4n) is 1.61. The van der Waals surface area contributed by atoms with E-state index in [0.717, 1.165) is 22.3 Å². The molecule has 0 bridgehead atoms. The molecule has 0 nitrogen and oxygen atoms in total. The fraction of sp³-hybridized carbons (Fsp3) is 0.294. The van der Waals surface area contributed by atoms with Gasteiger partial charge in [-0.25, -0.2) is 8.78 Å². The van der Waals surface area contributed by atoms with Crippen molar-refractivity contribution in [3.05, 3.63) is 69.8 Å². The van der Waals surface area contributed by atoms with Gasteiger partial charge in [-0.1, -0.05) is 24.3 Å². The van der Waals surface area contributed by atoms with E-state index in [1.165, 1.54) is 6.07 Å². The van der Waals surface area contributed by atoms with Gasteiger partial charge in [-0.05, 0) is 68.5 Å². The van der Waals surface area contributed by atoms with E-state index in [1.54, 1.807) is 32.9 Å². The van der Waals surface area contributed by atoms with Crippen molar-refractivity contribution in [1.29, 1.82) is 0 Å². The quantitative estimate of drug-likeness (QED) is 0.612. The van der Waals surface area contributed by atoms with Crippen LogP contribution in [0.1, 0.15) is 27.8 Å². The second-order valence-corrected chi connectivity index (χ2v) is 4.89. The molecule has 19 heavy (non-hydrogen) atoms. The van der Waals surface area contributed by atoms with E-state index in [0.29, 0.717) is 5.56 Å². The first-order valence-electron chi connectivity index (χ1n) is 6.28. The largest absolute Gasteiger partial charge is 0.207 e. The Morgan fingerprint density at radius 3 is 1.68 bits per heavy atom. The number of halogens is 2. The number of hydrogen-bond acceptors (Lipinski definition) is 0. The van der Waals surface area contributed by atoms with Gasteiger partial charge in [0.15, 0.2) is 0 Å². The van der Waals surface area contributed by atoms with Crippen molar-refractivity contribution in [1.82, 2.24) is 0 Å². The summed E-state index contributed by atoms with van der Waals surface area (Å²) in [6.07, 6.45) is 0. The van der Waals surface area contributed by atoms with Gasteiger partial charge >= 0.3 is 0 Å². The normalized spacial score (nSPS) is 9.84. The number of hydrogen-bond donors (Lipinski definition) is 0. The Kier molecular flexibility index (Phi) is 5.22. The van der Waals surface area contributed by atoms with Crippen LogP contribution in [-0.4, -0.2) is 0 Å². The van der Waals surface area contributed by atoms with E-state index in [9.17, 15) is 8.78 Å². The third-order valence-corrected chi connectivity index (χ3v) is 3.18. The Balaban J connectivity index is 0.000000191. The predicted molar refractivity (Wildman–Crippen MR) is 76.5 cm³/mol. The van der Waals surface area contributed by atoms with Crippen molar-refractivity contribution in [2.24, 2.45) is 0 Å². The highest BCUT2D eigenvalue weighted by Gasteiger charge is 2.01. The molecule has 0 aliphatic rings. The highest BCUT2D eigenvalue weighted by atomic mass is 19.1. The summed E-state index contributed by atoms with van der Waals surface area (Å²) in [5.41, 5.74) is 4.19. The van der Waals surface area contributed by atoms with E-state index in [2.05, 4.69) is 0 Å². The summed E-state index contributed by atoms with van der Waals surface area (Å²) in [5.74, 6) is -0.185. The first-order chi connectivity index (χ1) is 8.82. The molecule has 0 aliphatic carbocycles. The lowest BCUT2D eigenvalue weighted by Gasteiger charge is -2.02. The van der Waals surface area contributed by atoms with Gasteiger partial charge in [0, 0.05) is 0 Å². The molecule has 2 aromatic carbocycles. The minimum Gasteiger partial charge on any atom is -0.207 e. The van der Waals surface area contributed by atoms with Gasteiger partial charge in [0.1, 0.15) is 11.6 Å². The Hall–Kier alpha value is -1.70. The van der Waals surface area contributed by atoms with Gasteiger partial charge in [-0.2, -0.15) is 0 Å². The molecule has 2 aromatic rings. The Bertz CT molecular complexity index is 545. The molecule has 0 fully saturated rings. The minimum atomic E-state index is -0.116. The molecule has 0 unspecified atom stereocenters. The smallest absolute Gasteiger partial charge is 0.129 e. The van der Waals surface area contributed by atoms with Crippen LogP contribution in [0.5, 0.6) is 0 Å². The second-order valence-electron chi connectivity index (χ2n) is 4.89. The van der Waals surface area contributed by atoms with Crippen LogP contribution in [0.2, 0.25) is 0 Å². The van der Waals surface area contributed by atoms with E-state index in [4.69, 9.17) is 0 Å². The van der Waals surface area contributed by atoms with Gasteiger partial charge in [-0.3, -0.25) is 0 Å². The Morgan fingerprint density at radius 1 is 0.684 bits per heavy atom. The van der Waals surface area contributed by atoms with Crippen LogP contribution in [0.25, 0.3) is 0 Å². The zero-order valence-electron chi connectivity index (χ0n) is 12.1. The monoisotopic (exact) mass is 262 g/mol. The highest BCUT2D eigenvalue weighted by molar-refractivity contribution is 5.30. The molecule has 2 rings (SSSR count). The third-order valence-electron chi connectivity index (χ3n) is 3.18. The first kappa shape index (κ1) is 15.4. The molecular weight excluding hydrogens is 242 g/mol. The Labute approximate surface area is 114 Å². The first-order valence-corrected chi connectivity index (χ1v) is 6.28. The zero-order chi connectivity index (χ0) is 14.6. The van der Waals surface area contributed by atoms with E-state index < -0.39 is 0 Å².